The quantitative estimate of drug-likeness (QED) is 0.805. The molecule has 1 aromatic rings. The van der Waals surface area contributed by atoms with Gasteiger partial charge in [-0.05, 0) is 49.7 Å². The van der Waals surface area contributed by atoms with E-state index in [0.717, 1.165) is 47.9 Å². The maximum Gasteiger partial charge on any atom is 0.141 e. The maximum atomic E-state index is 6.38. The zero-order valence-corrected chi connectivity index (χ0v) is 14.0. The lowest BCUT2D eigenvalue weighted by atomic mass is 9.85. The summed E-state index contributed by atoms with van der Waals surface area (Å²) in [6, 6.07) is 6.16. The summed E-state index contributed by atoms with van der Waals surface area (Å²) in [6.07, 6.45) is 8.24. The van der Waals surface area contributed by atoms with Crippen LogP contribution in [0, 0.1) is 5.92 Å². The molecule has 2 N–H and O–H groups in total. The summed E-state index contributed by atoms with van der Waals surface area (Å²) in [5.74, 6) is 1.66. The highest BCUT2D eigenvalue weighted by Crippen LogP contribution is 2.35. The summed E-state index contributed by atoms with van der Waals surface area (Å²) in [5.41, 5.74) is 7.25. The zero-order chi connectivity index (χ0) is 15.2. The highest BCUT2D eigenvalue weighted by Gasteiger charge is 2.24. The fourth-order valence-electron chi connectivity index (χ4n) is 3.16. The molecule has 1 aromatic carbocycles. The summed E-state index contributed by atoms with van der Waals surface area (Å²) in [7, 11) is 0. The van der Waals surface area contributed by atoms with Crippen molar-refractivity contribution in [1.29, 1.82) is 0 Å². The lowest BCUT2D eigenvalue weighted by molar-refractivity contribution is 0.121. The van der Waals surface area contributed by atoms with Gasteiger partial charge < -0.3 is 10.5 Å². The largest absolute Gasteiger partial charge is 0.489 e. The van der Waals surface area contributed by atoms with E-state index in [1.54, 1.807) is 0 Å². The molecule has 0 radical (unpaired) electrons. The second kappa shape index (κ2) is 8.05. The predicted molar refractivity (Wildman–Crippen MR) is 90.1 cm³/mol. The Morgan fingerprint density at radius 2 is 2.14 bits per heavy atom. The number of nitrogens with two attached hydrogens (primary N) is 1. The topological polar surface area (TPSA) is 35.2 Å². The van der Waals surface area contributed by atoms with Gasteiger partial charge in [0.05, 0.1) is 11.1 Å². The molecule has 1 fully saturated rings. The molecular formula is C18H28ClNO. The van der Waals surface area contributed by atoms with Gasteiger partial charge in [-0.3, -0.25) is 0 Å². The van der Waals surface area contributed by atoms with Crippen LogP contribution in [0.1, 0.15) is 57.9 Å². The van der Waals surface area contributed by atoms with E-state index in [4.69, 9.17) is 22.1 Å². The number of hydrogen-bond donors (Lipinski definition) is 1. The van der Waals surface area contributed by atoms with Gasteiger partial charge in [0.1, 0.15) is 5.75 Å². The number of hydrogen-bond acceptors (Lipinski definition) is 2. The number of halogens is 1. The van der Waals surface area contributed by atoms with Crippen LogP contribution < -0.4 is 10.5 Å². The Morgan fingerprint density at radius 3 is 2.86 bits per heavy atom. The second-order valence-electron chi connectivity index (χ2n) is 6.28. The van der Waals surface area contributed by atoms with E-state index in [1.807, 2.05) is 12.1 Å². The Kier molecular flexibility index (Phi) is 6.38. The van der Waals surface area contributed by atoms with E-state index < -0.39 is 0 Å². The monoisotopic (exact) mass is 309 g/mol. The minimum absolute atomic E-state index is 0.167. The molecule has 3 atom stereocenters. The van der Waals surface area contributed by atoms with Crippen LogP contribution in [0.3, 0.4) is 0 Å². The van der Waals surface area contributed by atoms with Gasteiger partial charge in [-0.2, -0.15) is 0 Å². The van der Waals surface area contributed by atoms with Gasteiger partial charge >= 0.3 is 0 Å². The predicted octanol–water partition coefficient (Wildman–Crippen LogP) is 4.97. The second-order valence-corrected chi connectivity index (χ2v) is 6.69. The van der Waals surface area contributed by atoms with E-state index in [-0.39, 0.29) is 6.04 Å². The number of rotatable bonds is 6. The fraction of sp³-hybridized carbons (Fsp3) is 0.667. The first-order chi connectivity index (χ1) is 10.1. The fourth-order valence-corrected chi connectivity index (χ4v) is 3.40. The van der Waals surface area contributed by atoms with Crippen LogP contribution in [0.2, 0.25) is 5.02 Å². The van der Waals surface area contributed by atoms with Crippen molar-refractivity contribution >= 4 is 11.6 Å². The zero-order valence-electron chi connectivity index (χ0n) is 13.3. The molecule has 1 aliphatic rings. The summed E-state index contributed by atoms with van der Waals surface area (Å²) < 4.78 is 6.31. The molecule has 0 amide bonds. The van der Waals surface area contributed by atoms with Crippen molar-refractivity contribution < 1.29 is 4.74 Å². The van der Waals surface area contributed by atoms with Gasteiger partial charge in [-0.1, -0.05) is 50.4 Å². The molecule has 0 spiro atoms. The minimum Gasteiger partial charge on any atom is -0.489 e. The SMILES string of the molecule is CCC(N)Cc1cccc(Cl)c1OC1CCCC(CC)C1. The molecule has 21 heavy (non-hydrogen) atoms. The molecule has 1 saturated carbocycles. The number of para-hydroxylation sites is 1. The van der Waals surface area contributed by atoms with Crippen LogP contribution in [0.25, 0.3) is 0 Å². The lowest BCUT2D eigenvalue weighted by Crippen LogP contribution is -2.26. The third kappa shape index (κ3) is 4.62. The van der Waals surface area contributed by atoms with Crippen LogP contribution in [-0.2, 0) is 6.42 Å². The first kappa shape index (κ1) is 16.6. The van der Waals surface area contributed by atoms with Crippen molar-refractivity contribution in [3.63, 3.8) is 0 Å². The molecule has 1 aliphatic carbocycles. The van der Waals surface area contributed by atoms with Crippen molar-refractivity contribution in [1.82, 2.24) is 0 Å². The smallest absolute Gasteiger partial charge is 0.141 e. The van der Waals surface area contributed by atoms with Gasteiger partial charge in [-0.15, -0.1) is 0 Å². The normalized spacial score (nSPS) is 23.8. The maximum absolute atomic E-state index is 6.38. The number of benzene rings is 1. The number of ether oxygens (including phenoxy) is 1. The Morgan fingerprint density at radius 1 is 1.33 bits per heavy atom. The van der Waals surface area contributed by atoms with Crippen LogP contribution in [-0.4, -0.2) is 12.1 Å². The molecule has 0 aliphatic heterocycles. The van der Waals surface area contributed by atoms with E-state index in [2.05, 4.69) is 19.9 Å². The highest BCUT2D eigenvalue weighted by molar-refractivity contribution is 6.32. The average molecular weight is 310 g/mol. The van der Waals surface area contributed by atoms with Crippen LogP contribution in [0.15, 0.2) is 18.2 Å². The minimum atomic E-state index is 0.167. The Bertz CT molecular complexity index is 449. The summed E-state index contributed by atoms with van der Waals surface area (Å²) in [6.45, 7) is 4.39. The summed E-state index contributed by atoms with van der Waals surface area (Å²) in [4.78, 5) is 0. The van der Waals surface area contributed by atoms with Crippen molar-refractivity contribution in [3.8, 4) is 5.75 Å². The third-order valence-corrected chi connectivity index (χ3v) is 4.95. The van der Waals surface area contributed by atoms with Crippen molar-refractivity contribution in [2.24, 2.45) is 11.7 Å². The highest BCUT2D eigenvalue weighted by atomic mass is 35.5. The van der Waals surface area contributed by atoms with Gasteiger partial charge in [0, 0.05) is 6.04 Å². The summed E-state index contributed by atoms with van der Waals surface area (Å²) in [5, 5.41) is 0.717. The van der Waals surface area contributed by atoms with Gasteiger partial charge in [0.15, 0.2) is 0 Å². The lowest BCUT2D eigenvalue weighted by Gasteiger charge is -2.30. The van der Waals surface area contributed by atoms with Crippen LogP contribution in [0.4, 0.5) is 0 Å². The standard InChI is InChI=1S/C18H28ClNO/c1-3-13-7-5-9-16(11-13)21-18-14(12-15(20)4-2)8-6-10-17(18)19/h6,8,10,13,15-16H,3-5,7,9,11-12,20H2,1-2H3. The van der Waals surface area contributed by atoms with Crippen LogP contribution in [0.5, 0.6) is 5.75 Å². The van der Waals surface area contributed by atoms with Gasteiger partial charge in [0.25, 0.3) is 0 Å². The molecule has 0 saturated heterocycles. The van der Waals surface area contributed by atoms with Crippen molar-refractivity contribution in [2.75, 3.05) is 0 Å². The third-order valence-electron chi connectivity index (χ3n) is 4.65. The molecule has 0 heterocycles. The molecule has 2 rings (SSSR count). The molecule has 2 nitrogen and oxygen atoms in total. The molecule has 3 unspecified atom stereocenters. The molecule has 0 bridgehead atoms. The first-order valence-corrected chi connectivity index (χ1v) is 8.71. The Labute approximate surface area is 134 Å². The van der Waals surface area contributed by atoms with E-state index in [1.165, 1.54) is 19.3 Å². The Hall–Kier alpha value is -0.730. The van der Waals surface area contributed by atoms with Crippen molar-refractivity contribution in [3.05, 3.63) is 28.8 Å². The van der Waals surface area contributed by atoms with E-state index in [9.17, 15) is 0 Å². The average Bonchev–Trinajstić information content (AvgIpc) is 2.50. The molecular weight excluding hydrogens is 282 g/mol. The first-order valence-electron chi connectivity index (χ1n) is 8.33. The molecule has 118 valence electrons. The van der Waals surface area contributed by atoms with Crippen LogP contribution >= 0.6 is 11.6 Å². The molecule has 3 heteroatoms. The van der Waals surface area contributed by atoms with Crippen molar-refractivity contribution in [2.45, 2.75) is 70.9 Å². The van der Waals surface area contributed by atoms with Gasteiger partial charge in [0.2, 0.25) is 0 Å². The Balaban J connectivity index is 2.10. The van der Waals surface area contributed by atoms with E-state index in [0.29, 0.717) is 6.10 Å². The molecule has 0 aromatic heterocycles. The van der Waals surface area contributed by atoms with E-state index >= 15 is 0 Å². The van der Waals surface area contributed by atoms with Gasteiger partial charge in [-0.25, -0.2) is 0 Å². The summed E-state index contributed by atoms with van der Waals surface area (Å²) >= 11 is 6.38.